The number of benzene rings is 1. The quantitative estimate of drug-likeness (QED) is 0.674. The zero-order valence-corrected chi connectivity index (χ0v) is 16.3. The number of aromatic nitrogens is 2. The zero-order valence-electron chi connectivity index (χ0n) is 16.3. The van der Waals surface area contributed by atoms with Crippen molar-refractivity contribution in [2.45, 2.75) is 19.4 Å². The van der Waals surface area contributed by atoms with Crippen LogP contribution in [0.25, 0.3) is 10.8 Å². The van der Waals surface area contributed by atoms with E-state index >= 15 is 0 Å². The highest BCUT2D eigenvalue weighted by Crippen LogP contribution is 2.29. The molecular formula is C22H22N4O4. The molecule has 1 amide bonds. The maximum Gasteiger partial charge on any atom is 0.323 e. The largest absolute Gasteiger partial charge is 0.480 e. The van der Waals surface area contributed by atoms with Gasteiger partial charge in [0, 0.05) is 42.3 Å². The fourth-order valence-electron chi connectivity index (χ4n) is 3.88. The van der Waals surface area contributed by atoms with Crippen molar-refractivity contribution in [1.29, 1.82) is 0 Å². The third kappa shape index (κ3) is 4.17. The summed E-state index contributed by atoms with van der Waals surface area (Å²) in [6, 6.07) is 10.8. The third-order valence-electron chi connectivity index (χ3n) is 5.34. The summed E-state index contributed by atoms with van der Waals surface area (Å²) < 4.78 is 1.06. The average molecular weight is 406 g/mol. The normalized spacial score (nSPS) is 16.4. The number of pyridine rings is 2. The Kier molecular flexibility index (Phi) is 5.47. The minimum absolute atomic E-state index is 0.145. The van der Waals surface area contributed by atoms with Crippen LogP contribution in [-0.4, -0.2) is 39.6 Å². The van der Waals surface area contributed by atoms with Crippen molar-refractivity contribution in [3.8, 4) is 0 Å². The van der Waals surface area contributed by atoms with Gasteiger partial charge in [0.25, 0.3) is 5.56 Å². The molecule has 2 aromatic heterocycles. The lowest BCUT2D eigenvalue weighted by molar-refractivity contribution is -0.137. The van der Waals surface area contributed by atoms with Crippen LogP contribution in [0.1, 0.15) is 12.8 Å². The Balaban J connectivity index is 1.50. The first-order chi connectivity index (χ1) is 14.5. The molecule has 0 saturated carbocycles. The van der Waals surface area contributed by atoms with E-state index in [0.29, 0.717) is 12.2 Å². The number of piperidine rings is 1. The number of aliphatic carboxylic acids is 1. The van der Waals surface area contributed by atoms with Gasteiger partial charge in [0.2, 0.25) is 5.91 Å². The van der Waals surface area contributed by atoms with Crippen molar-refractivity contribution in [3.63, 3.8) is 0 Å². The second-order valence-corrected chi connectivity index (χ2v) is 7.43. The number of nitrogens with zero attached hydrogens (tertiary/aromatic N) is 3. The molecule has 1 fully saturated rings. The van der Waals surface area contributed by atoms with Gasteiger partial charge in [-0.1, -0.05) is 24.3 Å². The number of carboxylic acids is 1. The van der Waals surface area contributed by atoms with Crippen molar-refractivity contribution in [2.75, 3.05) is 23.3 Å². The maximum atomic E-state index is 12.9. The van der Waals surface area contributed by atoms with Gasteiger partial charge in [-0.2, -0.15) is 0 Å². The van der Waals surface area contributed by atoms with Gasteiger partial charge in [-0.15, -0.1) is 0 Å². The molecule has 1 atom stereocenters. The van der Waals surface area contributed by atoms with E-state index in [9.17, 15) is 14.4 Å². The molecule has 8 heteroatoms. The van der Waals surface area contributed by atoms with Crippen LogP contribution in [0.5, 0.6) is 0 Å². The number of fused-ring (bicyclic) bond motifs is 1. The molecular weight excluding hydrogens is 384 g/mol. The first kappa shape index (κ1) is 19.6. The number of hydrogen-bond acceptors (Lipinski definition) is 5. The second kappa shape index (κ2) is 8.36. The summed E-state index contributed by atoms with van der Waals surface area (Å²) in [5, 5.41) is 13.9. The monoisotopic (exact) mass is 406 g/mol. The molecule has 2 N–H and O–H groups in total. The molecule has 0 bridgehead atoms. The smallest absolute Gasteiger partial charge is 0.323 e. The number of amides is 1. The summed E-state index contributed by atoms with van der Waals surface area (Å²) in [7, 11) is 0. The summed E-state index contributed by atoms with van der Waals surface area (Å²) in [6.07, 6.45) is 6.67. The second-order valence-electron chi connectivity index (χ2n) is 7.43. The highest BCUT2D eigenvalue weighted by molar-refractivity contribution is 5.95. The van der Waals surface area contributed by atoms with Gasteiger partial charge in [-0.05, 0) is 18.9 Å². The van der Waals surface area contributed by atoms with Crippen LogP contribution >= 0.6 is 0 Å². The minimum atomic E-state index is -1.12. The van der Waals surface area contributed by atoms with Crippen LogP contribution in [0, 0.1) is 5.92 Å². The van der Waals surface area contributed by atoms with E-state index in [0.717, 1.165) is 40.4 Å². The summed E-state index contributed by atoms with van der Waals surface area (Å²) in [6.45, 7) is 0.965. The lowest BCUT2D eigenvalue weighted by atomic mass is 9.96. The number of nitrogens with one attached hydrogen (secondary N) is 1. The minimum Gasteiger partial charge on any atom is -0.480 e. The van der Waals surface area contributed by atoms with Crippen molar-refractivity contribution in [3.05, 3.63) is 65.3 Å². The number of hydrogen-bond donors (Lipinski definition) is 2. The van der Waals surface area contributed by atoms with Crippen molar-refractivity contribution in [1.82, 2.24) is 9.55 Å². The fourth-order valence-corrected chi connectivity index (χ4v) is 3.88. The Labute approximate surface area is 172 Å². The summed E-state index contributed by atoms with van der Waals surface area (Å²) in [5.74, 6) is -1.49. The highest BCUT2D eigenvalue weighted by atomic mass is 16.4. The SMILES string of the molecule is O=C(O)Cn1cc(NC(=O)[C@H]2CCCN(c3cncc4ccccc34)C2)ccc1=O. The van der Waals surface area contributed by atoms with E-state index in [4.69, 9.17) is 5.11 Å². The number of carboxylic acid groups (broad SMARTS) is 1. The Bertz CT molecular complexity index is 1150. The summed E-state index contributed by atoms with van der Waals surface area (Å²) in [5.41, 5.74) is 0.994. The molecule has 0 unspecified atom stereocenters. The summed E-state index contributed by atoms with van der Waals surface area (Å²) in [4.78, 5) is 42.1. The molecule has 30 heavy (non-hydrogen) atoms. The Morgan fingerprint density at radius 3 is 2.83 bits per heavy atom. The third-order valence-corrected chi connectivity index (χ3v) is 5.34. The molecule has 0 aliphatic carbocycles. The van der Waals surface area contributed by atoms with Gasteiger partial charge in [0.1, 0.15) is 6.54 Å². The zero-order chi connectivity index (χ0) is 21.1. The average Bonchev–Trinajstić information content (AvgIpc) is 2.75. The Morgan fingerprint density at radius 1 is 1.17 bits per heavy atom. The predicted molar refractivity (Wildman–Crippen MR) is 114 cm³/mol. The molecule has 0 spiro atoms. The van der Waals surface area contributed by atoms with Gasteiger partial charge in [-0.25, -0.2) is 0 Å². The first-order valence-electron chi connectivity index (χ1n) is 9.82. The molecule has 1 aliphatic rings. The van der Waals surface area contributed by atoms with E-state index < -0.39 is 18.1 Å². The molecule has 0 radical (unpaired) electrons. The van der Waals surface area contributed by atoms with Gasteiger partial charge < -0.3 is 19.9 Å². The van der Waals surface area contributed by atoms with Crippen molar-refractivity contribution < 1.29 is 14.7 Å². The van der Waals surface area contributed by atoms with Crippen LogP contribution in [0.4, 0.5) is 11.4 Å². The van der Waals surface area contributed by atoms with Crippen LogP contribution in [0.2, 0.25) is 0 Å². The molecule has 1 saturated heterocycles. The standard InChI is InChI=1S/C22H22N4O4/c27-20-8-7-17(13-26(20)14-21(28)29)24-22(30)16-5-3-9-25(12-16)19-11-23-10-15-4-1-2-6-18(15)19/h1-2,4,6-8,10-11,13,16H,3,5,9,12,14H2,(H,24,30)(H,28,29)/t16-/m0/s1. The van der Waals surface area contributed by atoms with Crippen LogP contribution in [-0.2, 0) is 16.1 Å². The topological polar surface area (TPSA) is 105 Å². The van der Waals surface area contributed by atoms with Crippen LogP contribution in [0.15, 0.2) is 59.8 Å². The van der Waals surface area contributed by atoms with Crippen molar-refractivity contribution >= 4 is 34.0 Å². The molecule has 4 rings (SSSR count). The lowest BCUT2D eigenvalue weighted by Gasteiger charge is -2.34. The lowest BCUT2D eigenvalue weighted by Crippen LogP contribution is -2.41. The molecule has 1 aliphatic heterocycles. The van der Waals surface area contributed by atoms with Gasteiger partial charge in [-0.3, -0.25) is 19.4 Å². The maximum absolute atomic E-state index is 12.9. The molecule has 154 valence electrons. The van der Waals surface area contributed by atoms with Gasteiger partial charge >= 0.3 is 5.97 Å². The number of carbonyl (C=O) groups excluding carboxylic acids is 1. The summed E-state index contributed by atoms with van der Waals surface area (Å²) >= 11 is 0. The predicted octanol–water partition coefficient (Wildman–Crippen LogP) is 2.34. The van der Waals surface area contributed by atoms with E-state index in [1.54, 1.807) is 0 Å². The Hall–Kier alpha value is -3.68. The van der Waals surface area contributed by atoms with E-state index in [1.807, 2.05) is 30.6 Å². The van der Waals surface area contributed by atoms with E-state index in [2.05, 4.69) is 21.3 Å². The van der Waals surface area contributed by atoms with Crippen LogP contribution in [0.3, 0.4) is 0 Å². The Morgan fingerprint density at radius 2 is 2.00 bits per heavy atom. The van der Waals surface area contributed by atoms with Crippen molar-refractivity contribution in [2.24, 2.45) is 5.92 Å². The highest BCUT2D eigenvalue weighted by Gasteiger charge is 2.27. The number of rotatable bonds is 5. The fraction of sp³-hybridized carbons (Fsp3) is 0.273. The first-order valence-corrected chi connectivity index (χ1v) is 9.82. The van der Waals surface area contributed by atoms with E-state index in [-0.39, 0.29) is 11.8 Å². The molecule has 1 aromatic carbocycles. The number of carbonyl (C=O) groups is 2. The van der Waals surface area contributed by atoms with Crippen LogP contribution < -0.4 is 15.8 Å². The molecule has 3 heterocycles. The molecule has 3 aromatic rings. The van der Waals surface area contributed by atoms with Gasteiger partial charge in [0.15, 0.2) is 0 Å². The molecule has 8 nitrogen and oxygen atoms in total. The van der Waals surface area contributed by atoms with E-state index in [1.165, 1.54) is 18.3 Å². The number of anilines is 2. The van der Waals surface area contributed by atoms with Gasteiger partial charge in [0.05, 0.1) is 23.5 Å².